The fourth-order valence-electron chi connectivity index (χ4n) is 3.81. The van der Waals surface area contributed by atoms with E-state index in [2.05, 4.69) is 15.6 Å². The van der Waals surface area contributed by atoms with Crippen molar-refractivity contribution in [1.82, 2.24) is 4.98 Å². The van der Waals surface area contributed by atoms with Crippen molar-refractivity contribution in [3.63, 3.8) is 0 Å². The Labute approximate surface area is 241 Å². The molecule has 0 radical (unpaired) electrons. The molecule has 1 aliphatic rings. The predicted octanol–water partition coefficient (Wildman–Crippen LogP) is 6.15. The van der Waals surface area contributed by atoms with Crippen molar-refractivity contribution in [2.75, 3.05) is 20.8 Å². The van der Waals surface area contributed by atoms with E-state index in [9.17, 15) is 19.6 Å². The van der Waals surface area contributed by atoms with Gasteiger partial charge in [0.25, 0.3) is 17.7 Å². The molecule has 202 valence electrons. The second kappa shape index (κ2) is 11.1. The molecular formula is C27H18Cl2N5O5S-. The van der Waals surface area contributed by atoms with Crippen molar-refractivity contribution in [2.45, 2.75) is 6.92 Å². The van der Waals surface area contributed by atoms with Gasteiger partial charge in [-0.1, -0.05) is 41.4 Å². The van der Waals surface area contributed by atoms with Gasteiger partial charge in [-0.05, 0) is 61.0 Å². The number of rotatable bonds is 7. The van der Waals surface area contributed by atoms with E-state index in [0.29, 0.717) is 38.3 Å². The lowest BCUT2D eigenvalue weighted by molar-refractivity contribution is -0.120. The summed E-state index contributed by atoms with van der Waals surface area (Å²) >= 11 is 13.6. The van der Waals surface area contributed by atoms with E-state index < -0.39 is 17.7 Å². The van der Waals surface area contributed by atoms with Gasteiger partial charge in [-0.15, -0.1) is 11.3 Å². The lowest BCUT2D eigenvalue weighted by Crippen LogP contribution is -2.32. The van der Waals surface area contributed by atoms with Crippen LogP contribution < -0.4 is 20.8 Å². The van der Waals surface area contributed by atoms with E-state index in [1.54, 1.807) is 60.8 Å². The van der Waals surface area contributed by atoms with Gasteiger partial charge >= 0.3 is 0 Å². The molecule has 3 amide bonds. The zero-order valence-corrected chi connectivity index (χ0v) is 22.8. The van der Waals surface area contributed by atoms with E-state index >= 15 is 0 Å². The van der Waals surface area contributed by atoms with Crippen LogP contribution in [-0.4, -0.2) is 27.9 Å². The Morgan fingerprint density at radius 3 is 2.38 bits per heavy atom. The van der Waals surface area contributed by atoms with Crippen LogP contribution in [0.2, 0.25) is 5.02 Å². The number of hydrogen-bond donors (Lipinski definition) is 3. The van der Waals surface area contributed by atoms with Crippen molar-refractivity contribution in [3.8, 4) is 11.3 Å². The number of imide groups is 1. The maximum absolute atomic E-state index is 13.0. The standard InChI is InChI=1S/C27H18Cl2N5O5S/c1-14-2-9-19(12-20(14)28)33-25(36)22(29)23(26(33)37)30-17-7-3-16(4-8-17)24(35)32-27-31-21(13-40-27)15-5-10-18(11-6-15)34(38)39/h2-13,30,38H,1H3,(H,31,32,35)/q-1. The Morgan fingerprint density at radius 2 is 1.73 bits per heavy atom. The lowest BCUT2D eigenvalue weighted by Gasteiger charge is -2.21. The molecule has 1 aliphatic heterocycles. The molecule has 0 fully saturated rings. The van der Waals surface area contributed by atoms with Gasteiger partial charge in [0.2, 0.25) is 0 Å². The highest BCUT2D eigenvalue weighted by Crippen LogP contribution is 2.32. The third kappa shape index (κ3) is 5.41. The van der Waals surface area contributed by atoms with Gasteiger partial charge in [-0.3, -0.25) is 24.9 Å². The summed E-state index contributed by atoms with van der Waals surface area (Å²) in [6.45, 7) is 1.81. The van der Waals surface area contributed by atoms with E-state index in [1.807, 2.05) is 0 Å². The van der Waals surface area contributed by atoms with Crippen LogP contribution in [0.1, 0.15) is 15.9 Å². The van der Waals surface area contributed by atoms with Gasteiger partial charge in [0.05, 0.1) is 17.1 Å². The fraction of sp³-hybridized carbons (Fsp3) is 0.0370. The molecular weight excluding hydrogens is 577 g/mol. The molecule has 13 heteroatoms. The van der Waals surface area contributed by atoms with Crippen LogP contribution >= 0.6 is 34.5 Å². The number of benzene rings is 3. The molecule has 0 bridgehead atoms. The zero-order chi connectivity index (χ0) is 28.6. The maximum atomic E-state index is 13.0. The molecule has 4 aromatic rings. The Balaban J connectivity index is 1.24. The summed E-state index contributed by atoms with van der Waals surface area (Å²) in [4.78, 5) is 43.8. The van der Waals surface area contributed by atoms with E-state index in [-0.39, 0.29) is 21.6 Å². The largest absolute Gasteiger partial charge is 0.733 e. The van der Waals surface area contributed by atoms with Crippen molar-refractivity contribution < 1.29 is 19.6 Å². The molecule has 1 aromatic heterocycles. The maximum Gasteiger partial charge on any atom is 0.283 e. The first-order chi connectivity index (χ1) is 19.1. The minimum atomic E-state index is -0.676. The van der Waals surface area contributed by atoms with Crippen LogP contribution in [0.25, 0.3) is 11.3 Å². The molecule has 2 heterocycles. The molecule has 3 N–H and O–H groups in total. The quantitative estimate of drug-likeness (QED) is 0.171. The number of aryl methyl sites for hydroxylation is 1. The normalized spacial score (nSPS) is 13.2. The Bertz CT molecular complexity index is 1670. The number of amides is 3. The van der Waals surface area contributed by atoms with Crippen LogP contribution in [0.5, 0.6) is 0 Å². The molecule has 0 spiro atoms. The van der Waals surface area contributed by atoms with Gasteiger partial charge in [0, 0.05) is 27.2 Å². The number of halogens is 2. The molecule has 40 heavy (non-hydrogen) atoms. The summed E-state index contributed by atoms with van der Waals surface area (Å²) in [5, 5.41) is 27.5. The van der Waals surface area contributed by atoms with Gasteiger partial charge in [-0.2, -0.15) is 0 Å². The smallest absolute Gasteiger partial charge is 0.283 e. The molecule has 0 unspecified atom stereocenters. The first kappa shape index (κ1) is 27.3. The topological polar surface area (TPSA) is 138 Å². The number of anilines is 4. The van der Waals surface area contributed by atoms with Gasteiger partial charge in [-0.25, -0.2) is 9.88 Å². The second-order valence-electron chi connectivity index (χ2n) is 8.58. The number of carbonyl (C=O) groups excluding carboxylic acids is 3. The molecule has 0 atom stereocenters. The van der Waals surface area contributed by atoms with Gasteiger partial charge < -0.3 is 15.8 Å². The van der Waals surface area contributed by atoms with Crippen LogP contribution in [0, 0.1) is 12.1 Å². The average molecular weight is 595 g/mol. The minimum absolute atomic E-state index is 0.0846. The number of carbonyl (C=O) groups is 3. The van der Waals surface area contributed by atoms with Gasteiger partial charge in [0.15, 0.2) is 5.13 Å². The number of nitrogens with zero attached hydrogens (tertiary/aromatic N) is 3. The van der Waals surface area contributed by atoms with Gasteiger partial charge in [0.1, 0.15) is 10.7 Å². The first-order valence-electron chi connectivity index (χ1n) is 11.6. The van der Waals surface area contributed by atoms with Crippen molar-refractivity contribution in [3.05, 3.63) is 104 Å². The molecule has 5 rings (SSSR count). The fourth-order valence-corrected chi connectivity index (χ4v) is 4.91. The van der Waals surface area contributed by atoms with E-state index in [4.69, 9.17) is 28.4 Å². The second-order valence-corrected chi connectivity index (χ2v) is 10.2. The lowest BCUT2D eigenvalue weighted by atomic mass is 10.1. The van der Waals surface area contributed by atoms with Crippen LogP contribution in [0.4, 0.5) is 22.2 Å². The number of nitrogens with one attached hydrogen (secondary N) is 2. The molecule has 0 aliphatic carbocycles. The van der Waals surface area contributed by atoms with E-state index in [0.717, 1.165) is 10.5 Å². The first-order valence-corrected chi connectivity index (χ1v) is 13.2. The van der Waals surface area contributed by atoms with Crippen LogP contribution in [0.3, 0.4) is 0 Å². The Morgan fingerprint density at radius 1 is 1.02 bits per heavy atom. The summed E-state index contributed by atoms with van der Waals surface area (Å²) in [5.74, 6) is -1.71. The predicted molar refractivity (Wildman–Crippen MR) is 155 cm³/mol. The van der Waals surface area contributed by atoms with E-state index in [1.165, 1.54) is 29.5 Å². The third-order valence-corrected chi connectivity index (χ3v) is 7.48. The highest BCUT2D eigenvalue weighted by Gasteiger charge is 2.39. The zero-order valence-electron chi connectivity index (χ0n) is 20.5. The van der Waals surface area contributed by atoms with Crippen LogP contribution in [0.15, 0.2) is 82.8 Å². The Hall–Kier alpha value is -4.26. The summed E-state index contributed by atoms with van der Waals surface area (Å²) < 4.78 is 0. The highest BCUT2D eigenvalue weighted by atomic mass is 35.5. The van der Waals surface area contributed by atoms with Crippen molar-refractivity contribution in [1.29, 1.82) is 0 Å². The minimum Gasteiger partial charge on any atom is -0.733 e. The number of hydrogen-bond acceptors (Lipinski definition) is 9. The number of aromatic nitrogens is 1. The summed E-state index contributed by atoms with van der Waals surface area (Å²) in [5.41, 5.74) is 3.15. The highest BCUT2D eigenvalue weighted by molar-refractivity contribution is 7.14. The Kier molecular flexibility index (Phi) is 7.57. The van der Waals surface area contributed by atoms with Crippen LogP contribution in [-0.2, 0) is 9.59 Å². The summed E-state index contributed by atoms with van der Waals surface area (Å²) in [6, 6.07) is 17.2. The number of thiazole rings is 1. The monoisotopic (exact) mass is 594 g/mol. The average Bonchev–Trinajstić information content (AvgIpc) is 3.49. The molecule has 0 saturated carbocycles. The summed E-state index contributed by atoms with van der Waals surface area (Å²) in [6.07, 6.45) is 0. The molecule has 3 aromatic carbocycles. The van der Waals surface area contributed by atoms with Crippen molar-refractivity contribution in [2.24, 2.45) is 0 Å². The SMILES string of the molecule is Cc1ccc(N2C(=O)C(Cl)=C(Nc3ccc(C(=O)Nc4nc(-c5ccc(N([O-])O)cc5)cs4)cc3)C2=O)cc1Cl. The molecule has 0 saturated heterocycles. The summed E-state index contributed by atoms with van der Waals surface area (Å²) in [7, 11) is 0. The van der Waals surface area contributed by atoms with Crippen molar-refractivity contribution >= 4 is 74.5 Å². The molecule has 10 nitrogen and oxygen atoms in total. The third-order valence-electron chi connectivity index (χ3n) is 5.97.